The smallest absolute Gasteiger partial charge is 0.163 e. The minimum absolute atomic E-state index is 0.0289. The van der Waals surface area contributed by atoms with Gasteiger partial charge in [-0.3, -0.25) is 4.79 Å². The molecule has 2 rings (SSSR count). The minimum Gasteiger partial charge on any atom is -0.332 e. The second kappa shape index (κ2) is 6.37. The Balaban J connectivity index is 2.57. The summed E-state index contributed by atoms with van der Waals surface area (Å²) in [5.41, 5.74) is 2.92. The molecule has 0 atom stereocenters. The topological polar surface area (TPSA) is 22.0 Å². The quantitative estimate of drug-likeness (QED) is 0.472. The standard InChI is InChI=1S/C16H17NOS2/c1-11-9-14(20-3)15(12(2)18)16(19)17(11)10-13-7-5-4-6-8-13/h4-9H,10H2,1-3H3. The number of pyridine rings is 1. The number of ketones is 1. The van der Waals surface area contributed by atoms with Gasteiger partial charge in [-0.15, -0.1) is 11.8 Å². The van der Waals surface area contributed by atoms with Gasteiger partial charge in [-0.25, -0.2) is 0 Å². The van der Waals surface area contributed by atoms with E-state index in [9.17, 15) is 4.79 Å². The molecule has 104 valence electrons. The van der Waals surface area contributed by atoms with Crippen LogP contribution in [0.15, 0.2) is 41.3 Å². The molecular weight excluding hydrogens is 286 g/mol. The van der Waals surface area contributed by atoms with Gasteiger partial charge in [0.2, 0.25) is 0 Å². The fourth-order valence-corrected chi connectivity index (χ4v) is 3.45. The van der Waals surface area contributed by atoms with Gasteiger partial charge in [0.1, 0.15) is 4.64 Å². The maximum absolute atomic E-state index is 11.9. The van der Waals surface area contributed by atoms with Crippen molar-refractivity contribution in [3.63, 3.8) is 0 Å². The Kier molecular flexibility index (Phi) is 4.78. The van der Waals surface area contributed by atoms with Crippen LogP contribution in [0, 0.1) is 11.6 Å². The molecule has 0 saturated heterocycles. The number of carbonyl (C=O) groups excluding carboxylic acids is 1. The van der Waals surface area contributed by atoms with Crippen molar-refractivity contribution < 1.29 is 4.79 Å². The summed E-state index contributed by atoms with van der Waals surface area (Å²) < 4.78 is 2.66. The van der Waals surface area contributed by atoms with E-state index in [0.717, 1.165) is 10.6 Å². The number of aromatic nitrogens is 1. The lowest BCUT2D eigenvalue weighted by Gasteiger charge is -2.16. The zero-order valence-electron chi connectivity index (χ0n) is 11.8. The highest BCUT2D eigenvalue weighted by Crippen LogP contribution is 2.24. The van der Waals surface area contributed by atoms with E-state index in [1.54, 1.807) is 18.7 Å². The van der Waals surface area contributed by atoms with Gasteiger partial charge in [0.15, 0.2) is 5.78 Å². The fourth-order valence-electron chi connectivity index (χ4n) is 2.19. The number of Topliss-reactive ketones (excluding diaryl/α,β-unsaturated/α-hetero) is 1. The first-order valence-corrected chi connectivity index (χ1v) is 8.01. The van der Waals surface area contributed by atoms with E-state index in [2.05, 4.69) is 12.1 Å². The summed E-state index contributed by atoms with van der Waals surface area (Å²) in [6, 6.07) is 12.2. The van der Waals surface area contributed by atoms with Crippen LogP contribution < -0.4 is 0 Å². The fraction of sp³-hybridized carbons (Fsp3) is 0.250. The van der Waals surface area contributed by atoms with Crippen LogP contribution in [0.1, 0.15) is 28.5 Å². The summed E-state index contributed by atoms with van der Waals surface area (Å²) in [5, 5.41) is 0. The van der Waals surface area contributed by atoms with Gasteiger partial charge in [0, 0.05) is 17.1 Å². The molecule has 0 unspecified atom stereocenters. The summed E-state index contributed by atoms with van der Waals surface area (Å²) in [4.78, 5) is 12.8. The van der Waals surface area contributed by atoms with Crippen LogP contribution in [-0.4, -0.2) is 16.6 Å². The van der Waals surface area contributed by atoms with Crippen LogP contribution in [0.4, 0.5) is 0 Å². The third kappa shape index (κ3) is 3.02. The predicted octanol–water partition coefficient (Wildman–Crippen LogP) is 4.50. The highest BCUT2D eigenvalue weighted by Gasteiger charge is 2.13. The second-order valence-electron chi connectivity index (χ2n) is 4.66. The molecule has 0 aliphatic rings. The Bertz CT molecular complexity index is 690. The van der Waals surface area contributed by atoms with Gasteiger partial charge in [-0.2, -0.15) is 0 Å². The molecule has 0 spiro atoms. The maximum Gasteiger partial charge on any atom is 0.163 e. The molecule has 2 nitrogen and oxygen atoms in total. The lowest BCUT2D eigenvalue weighted by atomic mass is 10.1. The number of hydrogen-bond donors (Lipinski definition) is 0. The Labute approximate surface area is 128 Å². The van der Waals surface area contributed by atoms with E-state index in [-0.39, 0.29) is 5.78 Å². The van der Waals surface area contributed by atoms with Gasteiger partial charge in [-0.05, 0) is 31.7 Å². The predicted molar refractivity (Wildman–Crippen MR) is 87.3 cm³/mol. The lowest BCUT2D eigenvalue weighted by molar-refractivity contribution is 0.101. The molecule has 0 aliphatic carbocycles. The third-order valence-electron chi connectivity index (χ3n) is 3.23. The number of hydrogen-bond acceptors (Lipinski definition) is 3. The van der Waals surface area contributed by atoms with E-state index < -0.39 is 0 Å². The number of carbonyl (C=O) groups is 1. The summed E-state index contributed by atoms with van der Waals surface area (Å²) in [6.45, 7) is 4.30. The number of benzene rings is 1. The Morgan fingerprint density at radius 1 is 1.30 bits per heavy atom. The monoisotopic (exact) mass is 303 g/mol. The molecule has 0 amide bonds. The Hall–Kier alpha value is -1.39. The molecule has 2 aromatic rings. The van der Waals surface area contributed by atoms with Crippen molar-refractivity contribution in [1.82, 2.24) is 4.57 Å². The summed E-state index contributed by atoms with van der Waals surface area (Å²) in [7, 11) is 0. The van der Waals surface area contributed by atoms with Crippen LogP contribution >= 0.6 is 24.0 Å². The number of aryl methyl sites for hydroxylation is 1. The van der Waals surface area contributed by atoms with E-state index in [1.807, 2.05) is 42.0 Å². The molecule has 4 heteroatoms. The highest BCUT2D eigenvalue weighted by molar-refractivity contribution is 7.98. The van der Waals surface area contributed by atoms with Crippen LogP contribution in [-0.2, 0) is 6.54 Å². The van der Waals surface area contributed by atoms with Crippen molar-refractivity contribution in [1.29, 1.82) is 0 Å². The van der Waals surface area contributed by atoms with Crippen molar-refractivity contribution in [2.75, 3.05) is 6.26 Å². The van der Waals surface area contributed by atoms with Crippen LogP contribution in [0.3, 0.4) is 0 Å². The van der Waals surface area contributed by atoms with Crippen molar-refractivity contribution in [3.8, 4) is 0 Å². The van der Waals surface area contributed by atoms with Gasteiger partial charge in [-0.1, -0.05) is 42.5 Å². The lowest BCUT2D eigenvalue weighted by Crippen LogP contribution is -2.11. The average Bonchev–Trinajstić information content (AvgIpc) is 2.43. The molecule has 1 aromatic heterocycles. The second-order valence-corrected chi connectivity index (χ2v) is 5.90. The van der Waals surface area contributed by atoms with Crippen molar-refractivity contribution in [2.45, 2.75) is 25.3 Å². The van der Waals surface area contributed by atoms with Gasteiger partial charge < -0.3 is 4.57 Å². The van der Waals surface area contributed by atoms with Gasteiger partial charge in [0.25, 0.3) is 0 Å². The maximum atomic E-state index is 11.9. The zero-order chi connectivity index (χ0) is 14.7. The Morgan fingerprint density at radius 3 is 2.50 bits per heavy atom. The molecule has 1 heterocycles. The third-order valence-corrected chi connectivity index (χ3v) is 4.41. The van der Waals surface area contributed by atoms with Gasteiger partial charge in [0.05, 0.1) is 5.56 Å². The van der Waals surface area contributed by atoms with E-state index in [4.69, 9.17) is 12.2 Å². The summed E-state index contributed by atoms with van der Waals surface area (Å²) in [6.07, 6.45) is 1.97. The highest BCUT2D eigenvalue weighted by atomic mass is 32.2. The summed E-state index contributed by atoms with van der Waals surface area (Å²) >= 11 is 7.10. The molecule has 0 bridgehead atoms. The van der Waals surface area contributed by atoms with Crippen LogP contribution in [0.5, 0.6) is 0 Å². The van der Waals surface area contributed by atoms with Gasteiger partial charge >= 0.3 is 0 Å². The van der Waals surface area contributed by atoms with E-state index >= 15 is 0 Å². The largest absolute Gasteiger partial charge is 0.332 e. The van der Waals surface area contributed by atoms with E-state index in [1.165, 1.54) is 5.56 Å². The first-order chi connectivity index (χ1) is 9.54. The number of thioether (sulfide) groups is 1. The van der Waals surface area contributed by atoms with E-state index in [0.29, 0.717) is 16.7 Å². The Morgan fingerprint density at radius 2 is 1.95 bits per heavy atom. The van der Waals surface area contributed by atoms with Crippen molar-refractivity contribution in [3.05, 3.63) is 57.9 Å². The molecule has 0 N–H and O–H groups in total. The SMILES string of the molecule is CSc1cc(C)n(Cc2ccccc2)c(=S)c1C(C)=O. The zero-order valence-corrected chi connectivity index (χ0v) is 13.5. The normalized spacial score (nSPS) is 10.6. The molecular formula is C16H17NOS2. The molecule has 0 aliphatic heterocycles. The van der Waals surface area contributed by atoms with Crippen LogP contribution in [0.25, 0.3) is 0 Å². The number of nitrogens with zero attached hydrogens (tertiary/aromatic N) is 1. The molecule has 0 fully saturated rings. The number of rotatable bonds is 4. The first kappa shape index (κ1) is 15.0. The molecule has 1 aromatic carbocycles. The molecule has 0 saturated carbocycles. The molecule has 20 heavy (non-hydrogen) atoms. The summed E-state index contributed by atoms with van der Waals surface area (Å²) in [5.74, 6) is 0.0289. The van der Waals surface area contributed by atoms with Crippen LogP contribution in [0.2, 0.25) is 0 Å². The molecule has 0 radical (unpaired) electrons. The van der Waals surface area contributed by atoms with Crippen molar-refractivity contribution >= 4 is 29.8 Å². The van der Waals surface area contributed by atoms with Crippen molar-refractivity contribution in [2.24, 2.45) is 0 Å². The average molecular weight is 303 g/mol. The first-order valence-electron chi connectivity index (χ1n) is 6.38. The minimum atomic E-state index is 0.0289.